The molecule has 1 aromatic heterocycles. The molecule has 2 aromatic rings. The van der Waals surface area contributed by atoms with Crippen LogP contribution in [0.2, 0.25) is 0 Å². The summed E-state index contributed by atoms with van der Waals surface area (Å²) in [7, 11) is 0. The molecule has 0 aliphatic rings. The molecule has 1 heterocycles. The van der Waals surface area contributed by atoms with E-state index < -0.39 is 11.9 Å². The van der Waals surface area contributed by atoms with E-state index in [4.69, 9.17) is 9.26 Å². The van der Waals surface area contributed by atoms with Gasteiger partial charge in [0.05, 0.1) is 12.4 Å². The lowest BCUT2D eigenvalue weighted by atomic mass is 9.99. The molecule has 0 saturated heterocycles. The van der Waals surface area contributed by atoms with Gasteiger partial charge in [0.2, 0.25) is 5.89 Å². The van der Waals surface area contributed by atoms with Gasteiger partial charge in [-0.3, -0.25) is 4.79 Å². The fourth-order valence-electron chi connectivity index (χ4n) is 1.87. The summed E-state index contributed by atoms with van der Waals surface area (Å²) in [5.74, 6) is 0.338. The molecule has 0 aliphatic carbocycles. The number of ether oxygens (including phenoxy) is 1. The van der Waals surface area contributed by atoms with Crippen molar-refractivity contribution in [2.45, 2.75) is 18.6 Å². The molecule has 1 aromatic carbocycles. The summed E-state index contributed by atoms with van der Waals surface area (Å²) in [5, 5.41) is 3.89. The molecule has 5 nitrogen and oxygen atoms in total. The molecule has 1 unspecified atom stereocenters. The number of benzene rings is 1. The number of rotatable bonds is 6. The molecule has 0 N–H and O–H groups in total. The van der Waals surface area contributed by atoms with Crippen molar-refractivity contribution in [2.75, 3.05) is 12.9 Å². The Balaban J connectivity index is 2.40. The lowest BCUT2D eigenvalue weighted by Gasteiger charge is -2.13. The molecule has 7 heteroatoms. The number of esters is 1. The van der Waals surface area contributed by atoms with Crippen molar-refractivity contribution < 1.29 is 14.1 Å². The van der Waals surface area contributed by atoms with Crippen LogP contribution in [0.1, 0.15) is 30.1 Å². The first-order valence-electron chi connectivity index (χ1n) is 6.39. The molecule has 0 radical (unpaired) electrons. The Morgan fingerprint density at radius 1 is 1.48 bits per heavy atom. The maximum atomic E-state index is 12.3. The van der Waals surface area contributed by atoms with Crippen molar-refractivity contribution in [1.82, 2.24) is 10.1 Å². The van der Waals surface area contributed by atoms with E-state index in [1.54, 1.807) is 18.7 Å². The Labute approximate surface area is 135 Å². The van der Waals surface area contributed by atoms with Gasteiger partial charge in [0.1, 0.15) is 0 Å². The molecule has 2 rings (SSSR count). The van der Waals surface area contributed by atoms with E-state index in [0.29, 0.717) is 18.2 Å². The van der Waals surface area contributed by atoms with Crippen LogP contribution < -0.4 is 0 Å². The molecule has 0 amide bonds. The van der Waals surface area contributed by atoms with Crippen molar-refractivity contribution in [2.24, 2.45) is 0 Å². The van der Waals surface area contributed by atoms with Crippen LogP contribution in [0.4, 0.5) is 0 Å². The van der Waals surface area contributed by atoms with Gasteiger partial charge in [0, 0.05) is 4.47 Å². The van der Waals surface area contributed by atoms with Crippen LogP contribution in [0.5, 0.6) is 0 Å². The van der Waals surface area contributed by atoms with E-state index in [2.05, 4.69) is 26.1 Å². The van der Waals surface area contributed by atoms with Crippen LogP contribution in [-0.2, 0) is 15.3 Å². The van der Waals surface area contributed by atoms with Gasteiger partial charge < -0.3 is 9.26 Å². The number of carbonyl (C=O) groups excluding carboxylic acids is 1. The molecular formula is C14H15BrN2O3S. The Kier molecular flexibility index (Phi) is 5.81. The summed E-state index contributed by atoms with van der Waals surface area (Å²) < 4.78 is 11.2. The molecule has 0 bridgehead atoms. The molecule has 0 fully saturated rings. The Morgan fingerprint density at radius 3 is 2.90 bits per heavy atom. The highest BCUT2D eigenvalue weighted by Gasteiger charge is 2.31. The minimum Gasteiger partial charge on any atom is -0.465 e. The number of hydrogen-bond donors (Lipinski definition) is 0. The lowest BCUT2D eigenvalue weighted by Crippen LogP contribution is -2.18. The predicted molar refractivity (Wildman–Crippen MR) is 84.1 cm³/mol. The fourth-order valence-corrected chi connectivity index (χ4v) is 2.76. The van der Waals surface area contributed by atoms with E-state index >= 15 is 0 Å². The zero-order valence-corrected chi connectivity index (χ0v) is 14.1. The van der Waals surface area contributed by atoms with Crippen LogP contribution in [0.15, 0.2) is 33.3 Å². The standard InChI is InChI=1S/C14H15BrN2O3S/c1-3-19-14(18)12(9-6-4-5-7-10(9)15)13-16-11(8-21-2)17-20-13/h4-7,12H,3,8H2,1-2H3. The molecule has 21 heavy (non-hydrogen) atoms. The maximum absolute atomic E-state index is 12.3. The first kappa shape index (κ1) is 16.0. The monoisotopic (exact) mass is 370 g/mol. The molecule has 0 spiro atoms. The number of halogens is 1. The fraction of sp³-hybridized carbons (Fsp3) is 0.357. The van der Waals surface area contributed by atoms with Gasteiger partial charge >= 0.3 is 5.97 Å². The summed E-state index contributed by atoms with van der Waals surface area (Å²) in [6.07, 6.45) is 1.95. The summed E-state index contributed by atoms with van der Waals surface area (Å²) >= 11 is 5.04. The summed E-state index contributed by atoms with van der Waals surface area (Å²) in [5.41, 5.74) is 0.746. The van der Waals surface area contributed by atoms with Crippen molar-refractivity contribution in [3.8, 4) is 0 Å². The Bertz CT molecular complexity index is 618. The van der Waals surface area contributed by atoms with Crippen LogP contribution in [0, 0.1) is 0 Å². The molecule has 0 saturated carbocycles. The number of carbonyl (C=O) groups is 1. The van der Waals surface area contributed by atoms with Crippen LogP contribution in [0.25, 0.3) is 0 Å². The maximum Gasteiger partial charge on any atom is 0.323 e. The van der Waals surface area contributed by atoms with Crippen LogP contribution in [0.3, 0.4) is 0 Å². The van der Waals surface area contributed by atoms with E-state index in [0.717, 1.165) is 10.0 Å². The summed E-state index contributed by atoms with van der Waals surface area (Å²) in [6.45, 7) is 2.06. The zero-order chi connectivity index (χ0) is 15.2. The smallest absolute Gasteiger partial charge is 0.323 e. The third-order valence-electron chi connectivity index (χ3n) is 2.74. The van der Waals surface area contributed by atoms with Crippen molar-refractivity contribution in [1.29, 1.82) is 0 Å². The molecule has 0 aliphatic heterocycles. The minimum absolute atomic E-state index is 0.254. The average molecular weight is 371 g/mol. The quantitative estimate of drug-likeness (QED) is 0.726. The SMILES string of the molecule is CCOC(=O)C(c1nc(CSC)no1)c1ccccc1Br. The Hall–Kier alpha value is -1.34. The van der Waals surface area contributed by atoms with Crippen molar-refractivity contribution >= 4 is 33.7 Å². The van der Waals surface area contributed by atoms with Crippen LogP contribution in [-0.4, -0.2) is 29.0 Å². The summed E-state index contributed by atoms with van der Waals surface area (Å²) in [4.78, 5) is 16.6. The molecular weight excluding hydrogens is 356 g/mol. The topological polar surface area (TPSA) is 65.2 Å². The minimum atomic E-state index is -0.719. The van der Waals surface area contributed by atoms with Crippen molar-refractivity contribution in [3.63, 3.8) is 0 Å². The second-order valence-electron chi connectivity index (χ2n) is 4.19. The van der Waals surface area contributed by atoms with E-state index in [9.17, 15) is 4.79 Å². The van der Waals surface area contributed by atoms with Gasteiger partial charge in [0.25, 0.3) is 0 Å². The predicted octanol–water partition coefficient (Wildman–Crippen LogP) is 3.39. The normalized spacial score (nSPS) is 12.1. The highest BCUT2D eigenvalue weighted by molar-refractivity contribution is 9.10. The Morgan fingerprint density at radius 2 is 2.24 bits per heavy atom. The highest BCUT2D eigenvalue weighted by atomic mass is 79.9. The second kappa shape index (κ2) is 7.61. The second-order valence-corrected chi connectivity index (χ2v) is 5.91. The largest absolute Gasteiger partial charge is 0.465 e. The average Bonchev–Trinajstić information content (AvgIpc) is 2.90. The van der Waals surface area contributed by atoms with Crippen LogP contribution >= 0.6 is 27.7 Å². The third kappa shape index (κ3) is 3.85. The molecule has 112 valence electrons. The number of nitrogens with zero attached hydrogens (tertiary/aromatic N) is 2. The van der Waals surface area contributed by atoms with Gasteiger partial charge in [-0.2, -0.15) is 16.7 Å². The van der Waals surface area contributed by atoms with E-state index in [1.165, 1.54) is 0 Å². The van der Waals surface area contributed by atoms with Gasteiger partial charge in [-0.05, 0) is 24.8 Å². The van der Waals surface area contributed by atoms with Gasteiger partial charge in [0.15, 0.2) is 11.7 Å². The first-order chi connectivity index (χ1) is 10.2. The molecule has 1 atom stereocenters. The van der Waals surface area contributed by atoms with Gasteiger partial charge in [-0.25, -0.2) is 0 Å². The lowest BCUT2D eigenvalue weighted by molar-refractivity contribution is -0.144. The summed E-state index contributed by atoms with van der Waals surface area (Å²) in [6, 6.07) is 7.43. The van der Waals surface area contributed by atoms with E-state index in [-0.39, 0.29) is 5.89 Å². The van der Waals surface area contributed by atoms with E-state index in [1.807, 2.05) is 30.5 Å². The number of aromatic nitrogens is 2. The number of thioether (sulfide) groups is 1. The highest BCUT2D eigenvalue weighted by Crippen LogP contribution is 2.31. The van der Waals surface area contributed by atoms with Gasteiger partial charge in [-0.15, -0.1) is 0 Å². The van der Waals surface area contributed by atoms with Gasteiger partial charge in [-0.1, -0.05) is 39.3 Å². The zero-order valence-electron chi connectivity index (χ0n) is 11.7. The number of hydrogen-bond acceptors (Lipinski definition) is 6. The third-order valence-corrected chi connectivity index (χ3v) is 4.01. The first-order valence-corrected chi connectivity index (χ1v) is 8.58. The van der Waals surface area contributed by atoms with Crippen molar-refractivity contribution in [3.05, 3.63) is 46.0 Å².